The van der Waals surface area contributed by atoms with Crippen LogP contribution in [-0.2, 0) is 0 Å². The number of rotatable bonds is 2. The molecule has 3 rings (SSSR count). The van der Waals surface area contributed by atoms with Crippen LogP contribution in [0.4, 0.5) is 0 Å². The molecule has 1 aromatic carbocycles. The summed E-state index contributed by atoms with van der Waals surface area (Å²) in [5, 5.41) is 0. The normalized spacial score (nSPS) is 13.9. The van der Waals surface area contributed by atoms with Gasteiger partial charge < -0.3 is 4.98 Å². The summed E-state index contributed by atoms with van der Waals surface area (Å²) >= 11 is 0. The van der Waals surface area contributed by atoms with Gasteiger partial charge in [0.05, 0.1) is 0 Å². The lowest BCUT2D eigenvalue weighted by Crippen LogP contribution is -2.06. The fourth-order valence-corrected chi connectivity index (χ4v) is 2.26. The number of aromatic amines is 1. The molecule has 1 aliphatic rings. The molecule has 2 heteroatoms. The first-order valence-corrected chi connectivity index (χ1v) is 6.66. The molecule has 1 heterocycles. The molecule has 2 nitrogen and oxygen atoms in total. The topological polar surface area (TPSA) is 32.9 Å². The summed E-state index contributed by atoms with van der Waals surface area (Å²) in [6, 6.07) is 13.5. The van der Waals surface area contributed by atoms with Crippen molar-refractivity contribution in [1.29, 1.82) is 0 Å². The zero-order valence-corrected chi connectivity index (χ0v) is 11.0. The summed E-state index contributed by atoms with van der Waals surface area (Å²) < 4.78 is 0. The average molecular weight is 261 g/mol. The minimum absolute atomic E-state index is 0.0797. The van der Waals surface area contributed by atoms with Crippen LogP contribution in [0, 0.1) is 0 Å². The lowest BCUT2D eigenvalue weighted by atomic mass is 10.0. The average Bonchev–Trinajstić information content (AvgIpc) is 2.77. The van der Waals surface area contributed by atoms with Crippen molar-refractivity contribution in [1.82, 2.24) is 4.98 Å². The lowest BCUT2D eigenvalue weighted by molar-refractivity contribution is 1.23. The number of H-pyrrole nitrogens is 1. The van der Waals surface area contributed by atoms with Crippen molar-refractivity contribution in [3.63, 3.8) is 0 Å². The standard InChI is InChI=1S/C18H15NO/c20-18-13-16(14-8-4-1-2-5-9-14)12-17(19-18)15-10-6-3-7-11-15/h1,3-13H,2H2,(H,19,20). The monoisotopic (exact) mass is 261 g/mol. The molecule has 0 saturated carbocycles. The predicted molar refractivity (Wildman–Crippen MR) is 83.4 cm³/mol. The molecule has 0 aliphatic heterocycles. The van der Waals surface area contributed by atoms with Crippen molar-refractivity contribution in [2.75, 3.05) is 0 Å². The molecule has 1 aromatic heterocycles. The van der Waals surface area contributed by atoms with E-state index in [0.717, 1.165) is 28.8 Å². The highest BCUT2D eigenvalue weighted by molar-refractivity contribution is 5.77. The van der Waals surface area contributed by atoms with E-state index in [0.29, 0.717) is 0 Å². The Morgan fingerprint density at radius 1 is 0.950 bits per heavy atom. The van der Waals surface area contributed by atoms with Crippen LogP contribution in [0.2, 0.25) is 0 Å². The Kier molecular flexibility index (Phi) is 3.46. The van der Waals surface area contributed by atoms with Gasteiger partial charge in [0.1, 0.15) is 0 Å². The molecule has 0 unspecified atom stereocenters. The van der Waals surface area contributed by atoms with Crippen molar-refractivity contribution < 1.29 is 0 Å². The third-order valence-electron chi connectivity index (χ3n) is 3.24. The third-order valence-corrected chi connectivity index (χ3v) is 3.24. The van der Waals surface area contributed by atoms with Crippen LogP contribution in [0.25, 0.3) is 16.8 Å². The molecule has 0 amide bonds. The molecule has 20 heavy (non-hydrogen) atoms. The first kappa shape index (κ1) is 12.4. The number of pyridine rings is 1. The molecule has 98 valence electrons. The van der Waals surface area contributed by atoms with Crippen molar-refractivity contribution in [2.45, 2.75) is 6.42 Å². The second-order valence-corrected chi connectivity index (χ2v) is 4.70. The van der Waals surface area contributed by atoms with Crippen molar-refractivity contribution in [3.8, 4) is 11.3 Å². The highest BCUT2D eigenvalue weighted by Gasteiger charge is 2.04. The second-order valence-electron chi connectivity index (χ2n) is 4.70. The minimum Gasteiger partial charge on any atom is -0.322 e. The van der Waals surface area contributed by atoms with Crippen molar-refractivity contribution in [3.05, 3.63) is 88.8 Å². The Hall–Kier alpha value is -2.61. The van der Waals surface area contributed by atoms with E-state index in [4.69, 9.17) is 0 Å². The molecular formula is C18H15NO. The second kappa shape index (κ2) is 5.57. The molecular weight excluding hydrogens is 246 g/mol. The highest BCUT2D eigenvalue weighted by Crippen LogP contribution is 2.22. The predicted octanol–water partition coefficient (Wildman–Crippen LogP) is 3.94. The van der Waals surface area contributed by atoms with Gasteiger partial charge in [-0.1, -0.05) is 60.7 Å². The van der Waals surface area contributed by atoms with Gasteiger partial charge in [0.25, 0.3) is 0 Å². The molecule has 2 aromatic rings. The largest absolute Gasteiger partial charge is 0.322 e. The van der Waals surface area contributed by atoms with Gasteiger partial charge in [-0.25, -0.2) is 0 Å². The van der Waals surface area contributed by atoms with Gasteiger partial charge in [0.2, 0.25) is 5.56 Å². The number of benzene rings is 1. The maximum absolute atomic E-state index is 11.9. The number of hydrogen-bond acceptors (Lipinski definition) is 1. The van der Waals surface area contributed by atoms with E-state index in [1.807, 2.05) is 48.6 Å². The van der Waals surface area contributed by atoms with E-state index >= 15 is 0 Å². The maximum Gasteiger partial charge on any atom is 0.249 e. The quantitative estimate of drug-likeness (QED) is 0.872. The molecule has 0 atom stereocenters. The lowest BCUT2D eigenvalue weighted by Gasteiger charge is -2.06. The Morgan fingerprint density at radius 3 is 2.65 bits per heavy atom. The van der Waals surface area contributed by atoms with Crippen LogP contribution in [0.3, 0.4) is 0 Å². The van der Waals surface area contributed by atoms with E-state index in [1.165, 1.54) is 0 Å². The first-order chi connectivity index (χ1) is 9.83. The Balaban J connectivity index is 2.10. The SMILES string of the molecule is O=c1cc(C2=CC=CCC=C2)cc(-c2ccccc2)[nH]1. The highest BCUT2D eigenvalue weighted by atomic mass is 16.1. The zero-order chi connectivity index (χ0) is 13.8. The Labute approximate surface area is 117 Å². The maximum atomic E-state index is 11.9. The van der Waals surface area contributed by atoms with Crippen LogP contribution in [0.15, 0.2) is 77.6 Å². The van der Waals surface area contributed by atoms with E-state index < -0.39 is 0 Å². The van der Waals surface area contributed by atoms with Gasteiger partial charge in [-0.15, -0.1) is 0 Å². The van der Waals surface area contributed by atoms with Gasteiger partial charge in [0.15, 0.2) is 0 Å². The molecule has 1 aliphatic carbocycles. The van der Waals surface area contributed by atoms with Crippen LogP contribution in [-0.4, -0.2) is 4.98 Å². The summed E-state index contributed by atoms with van der Waals surface area (Å²) in [5.41, 5.74) is 3.78. The van der Waals surface area contributed by atoms with Gasteiger partial charge >= 0.3 is 0 Å². The summed E-state index contributed by atoms with van der Waals surface area (Å²) in [6.07, 6.45) is 11.2. The number of nitrogens with one attached hydrogen (secondary N) is 1. The Bertz CT molecular complexity index is 748. The number of aromatic nitrogens is 1. The van der Waals surface area contributed by atoms with Gasteiger partial charge in [-0.3, -0.25) is 4.79 Å². The number of allylic oxidation sites excluding steroid dienone is 6. The van der Waals surface area contributed by atoms with Crippen LogP contribution < -0.4 is 5.56 Å². The molecule has 0 saturated heterocycles. The van der Waals surface area contributed by atoms with Crippen LogP contribution >= 0.6 is 0 Å². The van der Waals surface area contributed by atoms with Crippen LogP contribution in [0.5, 0.6) is 0 Å². The summed E-state index contributed by atoms with van der Waals surface area (Å²) in [4.78, 5) is 14.8. The van der Waals surface area contributed by atoms with Crippen molar-refractivity contribution in [2.24, 2.45) is 0 Å². The molecule has 0 spiro atoms. The third kappa shape index (κ3) is 2.69. The first-order valence-electron chi connectivity index (χ1n) is 6.66. The summed E-state index contributed by atoms with van der Waals surface area (Å²) in [6.45, 7) is 0. The minimum atomic E-state index is -0.0797. The summed E-state index contributed by atoms with van der Waals surface area (Å²) in [5.74, 6) is 0. The van der Waals surface area contributed by atoms with E-state index in [2.05, 4.69) is 23.2 Å². The van der Waals surface area contributed by atoms with E-state index in [9.17, 15) is 4.79 Å². The molecule has 1 N–H and O–H groups in total. The Morgan fingerprint density at radius 2 is 1.80 bits per heavy atom. The fraction of sp³-hybridized carbons (Fsp3) is 0.0556. The summed E-state index contributed by atoms with van der Waals surface area (Å²) in [7, 11) is 0. The molecule has 0 fully saturated rings. The smallest absolute Gasteiger partial charge is 0.249 e. The molecule has 0 bridgehead atoms. The van der Waals surface area contributed by atoms with E-state index in [1.54, 1.807) is 6.07 Å². The van der Waals surface area contributed by atoms with Gasteiger partial charge in [-0.2, -0.15) is 0 Å². The van der Waals surface area contributed by atoms with Crippen molar-refractivity contribution >= 4 is 5.57 Å². The molecule has 0 radical (unpaired) electrons. The number of hydrogen-bond donors (Lipinski definition) is 1. The van der Waals surface area contributed by atoms with Gasteiger partial charge in [-0.05, 0) is 29.2 Å². The zero-order valence-electron chi connectivity index (χ0n) is 11.0. The van der Waals surface area contributed by atoms with Crippen LogP contribution in [0.1, 0.15) is 12.0 Å². The fourth-order valence-electron chi connectivity index (χ4n) is 2.26. The van der Waals surface area contributed by atoms with E-state index in [-0.39, 0.29) is 5.56 Å². The van der Waals surface area contributed by atoms with Gasteiger partial charge in [0, 0.05) is 11.8 Å².